The van der Waals surface area contributed by atoms with Gasteiger partial charge in [-0.1, -0.05) is 11.6 Å². The van der Waals surface area contributed by atoms with Crippen molar-refractivity contribution in [2.24, 2.45) is 0 Å². The number of ether oxygens (including phenoxy) is 2. The van der Waals surface area contributed by atoms with Crippen LogP contribution in [0.5, 0.6) is 17.2 Å². The van der Waals surface area contributed by atoms with Gasteiger partial charge in [-0.05, 0) is 56.7 Å². The van der Waals surface area contributed by atoms with E-state index in [-0.39, 0.29) is 45.9 Å². The van der Waals surface area contributed by atoms with Gasteiger partial charge < -0.3 is 25.0 Å². The molecular weight excluding hydrogens is 598 g/mol. The van der Waals surface area contributed by atoms with Gasteiger partial charge in [-0.3, -0.25) is 14.4 Å². The number of fused-ring (bicyclic) bond motifs is 1. The van der Waals surface area contributed by atoms with E-state index in [1.54, 1.807) is 0 Å². The number of phenols is 2. The number of allylic oxidation sites excluding steroid dienone is 3. The lowest BCUT2D eigenvalue weighted by molar-refractivity contribution is -0.144. The molecule has 1 amide bonds. The summed E-state index contributed by atoms with van der Waals surface area (Å²) in [4.78, 5) is 52.1. The number of methoxy groups -OCH3 is 2. The third kappa shape index (κ3) is 8.05. The predicted molar refractivity (Wildman–Crippen MR) is 161 cm³/mol. The Morgan fingerprint density at radius 2 is 1.70 bits per heavy atom. The molecule has 230 valence electrons. The molecule has 3 N–H and O–H groups in total. The van der Waals surface area contributed by atoms with Crippen LogP contribution in [0.1, 0.15) is 46.5 Å². The number of thioether (sulfide) groups is 1. The monoisotopic (exact) mass is 631 g/mol. The van der Waals surface area contributed by atoms with Crippen molar-refractivity contribution in [1.29, 1.82) is 0 Å². The van der Waals surface area contributed by atoms with Crippen molar-refractivity contribution in [3.63, 3.8) is 0 Å². The maximum atomic E-state index is 13.5. The minimum atomic E-state index is -3.56. The second-order valence-corrected chi connectivity index (χ2v) is 13.3. The van der Waals surface area contributed by atoms with Crippen molar-refractivity contribution in [2.45, 2.75) is 42.9 Å². The SMILES string of the molecule is COC(=O)C(CS[C@H](CC=C(C)C)C1=CC(=O)c2c(O)ccc(O)c2C1=O)NC(=O)Cc1cc(S(C)(=O)=O)ccc1OC. The van der Waals surface area contributed by atoms with E-state index in [0.29, 0.717) is 5.56 Å². The fourth-order valence-corrected chi connectivity index (χ4v) is 6.32. The zero-order valence-electron chi connectivity index (χ0n) is 24.3. The van der Waals surface area contributed by atoms with Crippen LogP contribution in [0.25, 0.3) is 0 Å². The molecule has 43 heavy (non-hydrogen) atoms. The van der Waals surface area contributed by atoms with E-state index in [4.69, 9.17) is 9.47 Å². The molecule has 13 heteroatoms. The second-order valence-electron chi connectivity index (χ2n) is 10.1. The number of esters is 1. The molecule has 1 aliphatic carbocycles. The van der Waals surface area contributed by atoms with Crippen LogP contribution in [0, 0.1) is 0 Å². The smallest absolute Gasteiger partial charge is 0.329 e. The summed E-state index contributed by atoms with van der Waals surface area (Å²) in [5, 5.41) is 22.4. The number of aromatic hydroxyl groups is 2. The minimum absolute atomic E-state index is 0.000752. The Hall–Kier alpha value is -4.10. The average Bonchev–Trinajstić information content (AvgIpc) is 2.94. The average molecular weight is 632 g/mol. The standard InChI is InChI=1S/C30H33NO10S2/c1-16(2)6-11-25(19-14-23(34)27-21(32)8-9-22(33)28(27)29(19)36)42-15-20(30(37)41-4)31-26(35)13-17-12-18(43(5,38)39)7-10-24(17)40-3/h6-10,12,14,20,25,32-33H,11,13,15H2,1-5H3,(H,31,35)/t20?,25-/m1/s1. The zero-order valence-corrected chi connectivity index (χ0v) is 25.9. The number of hydrogen-bond acceptors (Lipinski definition) is 11. The normalized spacial score (nSPS) is 14.2. The molecular formula is C30H33NO10S2. The first kappa shape index (κ1) is 33.4. The summed E-state index contributed by atoms with van der Waals surface area (Å²) in [7, 11) is -1.02. The summed E-state index contributed by atoms with van der Waals surface area (Å²) in [5.74, 6) is -3.30. The highest BCUT2D eigenvalue weighted by atomic mass is 32.2. The van der Waals surface area contributed by atoms with Crippen LogP contribution in [-0.4, -0.2) is 79.6 Å². The highest BCUT2D eigenvalue weighted by Gasteiger charge is 2.35. The van der Waals surface area contributed by atoms with Crippen LogP contribution in [0.15, 0.2) is 58.5 Å². The molecule has 2 aromatic rings. The van der Waals surface area contributed by atoms with Gasteiger partial charge >= 0.3 is 5.97 Å². The molecule has 0 saturated heterocycles. The summed E-state index contributed by atoms with van der Waals surface area (Å²) < 4.78 is 34.2. The topological polar surface area (TPSA) is 173 Å². The summed E-state index contributed by atoms with van der Waals surface area (Å²) in [6, 6.07) is 5.22. The summed E-state index contributed by atoms with van der Waals surface area (Å²) in [6.07, 6.45) is 3.99. The molecule has 11 nitrogen and oxygen atoms in total. The summed E-state index contributed by atoms with van der Waals surface area (Å²) >= 11 is 1.12. The number of amides is 1. The molecule has 0 heterocycles. The number of ketones is 2. The van der Waals surface area contributed by atoms with Crippen molar-refractivity contribution in [1.82, 2.24) is 5.32 Å². The third-order valence-electron chi connectivity index (χ3n) is 6.59. The van der Waals surface area contributed by atoms with Crippen LogP contribution < -0.4 is 10.1 Å². The summed E-state index contributed by atoms with van der Waals surface area (Å²) in [5.41, 5.74) is 0.713. The van der Waals surface area contributed by atoms with E-state index in [2.05, 4.69) is 5.32 Å². The molecule has 0 bridgehead atoms. The van der Waals surface area contributed by atoms with Crippen molar-refractivity contribution in [2.75, 3.05) is 26.2 Å². The molecule has 1 unspecified atom stereocenters. The largest absolute Gasteiger partial charge is 0.507 e. The Bertz CT molecular complexity index is 1620. The van der Waals surface area contributed by atoms with Crippen molar-refractivity contribution in [3.8, 4) is 17.2 Å². The fourth-order valence-electron chi connectivity index (χ4n) is 4.42. The van der Waals surface area contributed by atoms with Gasteiger partial charge in [0, 0.05) is 28.4 Å². The van der Waals surface area contributed by atoms with Gasteiger partial charge in [0.15, 0.2) is 21.4 Å². The number of carbonyl (C=O) groups excluding carboxylic acids is 4. The van der Waals surface area contributed by atoms with E-state index in [1.165, 1.54) is 25.3 Å². The van der Waals surface area contributed by atoms with Crippen LogP contribution in [0.4, 0.5) is 0 Å². The van der Waals surface area contributed by atoms with E-state index in [9.17, 15) is 37.8 Å². The number of nitrogens with one attached hydrogen (secondary N) is 1. The second kappa shape index (κ2) is 13.9. The van der Waals surface area contributed by atoms with Crippen LogP contribution in [0.3, 0.4) is 0 Å². The minimum Gasteiger partial charge on any atom is -0.507 e. The summed E-state index contributed by atoms with van der Waals surface area (Å²) in [6.45, 7) is 3.71. The first-order valence-corrected chi connectivity index (χ1v) is 16.0. The van der Waals surface area contributed by atoms with Gasteiger partial charge in [0.25, 0.3) is 0 Å². The van der Waals surface area contributed by atoms with Crippen molar-refractivity contribution < 1.29 is 47.3 Å². The maximum Gasteiger partial charge on any atom is 0.329 e. The van der Waals surface area contributed by atoms with Crippen LogP contribution in [0.2, 0.25) is 0 Å². The highest BCUT2D eigenvalue weighted by Crippen LogP contribution is 2.38. The molecule has 0 spiro atoms. The Morgan fingerprint density at radius 3 is 2.28 bits per heavy atom. The number of benzene rings is 2. The Balaban J connectivity index is 1.86. The van der Waals surface area contributed by atoms with Crippen LogP contribution >= 0.6 is 11.8 Å². The molecule has 0 fully saturated rings. The number of carbonyl (C=O) groups is 4. The lowest BCUT2D eigenvalue weighted by atomic mass is 9.86. The number of phenolic OH excluding ortho intramolecular Hbond substituents is 2. The molecule has 2 aromatic carbocycles. The number of sulfone groups is 1. The number of hydrogen-bond donors (Lipinski definition) is 3. The number of rotatable bonds is 12. The quantitative estimate of drug-likeness (QED) is 0.178. The fraction of sp³-hybridized carbons (Fsp3) is 0.333. The molecule has 0 aromatic heterocycles. The van der Waals surface area contributed by atoms with Crippen LogP contribution in [-0.2, 0) is 30.6 Å². The highest BCUT2D eigenvalue weighted by molar-refractivity contribution is 8.00. The first-order chi connectivity index (χ1) is 20.2. The molecule has 3 rings (SSSR count). The van der Waals surface area contributed by atoms with E-state index >= 15 is 0 Å². The Morgan fingerprint density at radius 1 is 1.05 bits per heavy atom. The molecule has 0 aliphatic heterocycles. The van der Waals surface area contributed by atoms with Gasteiger partial charge in [-0.25, -0.2) is 13.2 Å². The van der Waals surface area contributed by atoms with Crippen molar-refractivity contribution in [3.05, 3.63) is 70.3 Å². The van der Waals surface area contributed by atoms with Crippen molar-refractivity contribution >= 4 is 45.0 Å². The van der Waals surface area contributed by atoms with Gasteiger partial charge in [-0.15, -0.1) is 0 Å². The molecule has 2 atom stereocenters. The van der Waals surface area contributed by atoms with E-state index in [0.717, 1.165) is 48.9 Å². The number of Topliss-reactive ketones (excluding diaryl/α,β-unsaturated/α-hetero) is 1. The molecule has 0 radical (unpaired) electrons. The lowest BCUT2D eigenvalue weighted by Crippen LogP contribution is -2.44. The van der Waals surface area contributed by atoms with E-state index < -0.39 is 56.1 Å². The van der Waals surface area contributed by atoms with Gasteiger partial charge in [0.1, 0.15) is 23.3 Å². The Kier molecular flexibility index (Phi) is 10.8. The molecule has 1 aliphatic rings. The van der Waals surface area contributed by atoms with E-state index in [1.807, 2.05) is 19.9 Å². The Labute approximate surface area is 253 Å². The molecule has 0 saturated carbocycles. The zero-order chi connectivity index (χ0) is 32.1. The van der Waals surface area contributed by atoms with Gasteiger partial charge in [-0.2, -0.15) is 11.8 Å². The predicted octanol–water partition coefficient (Wildman–Crippen LogP) is 3.17. The third-order valence-corrected chi connectivity index (χ3v) is 9.07. The first-order valence-electron chi connectivity index (χ1n) is 13.0. The maximum absolute atomic E-state index is 13.5. The lowest BCUT2D eigenvalue weighted by Gasteiger charge is -2.25. The van der Waals surface area contributed by atoms with Gasteiger partial charge in [0.05, 0.1) is 36.7 Å². The van der Waals surface area contributed by atoms with Gasteiger partial charge in [0.2, 0.25) is 5.91 Å².